The summed E-state index contributed by atoms with van der Waals surface area (Å²) >= 11 is 0. The third-order valence-electron chi connectivity index (χ3n) is 12.3. The molecule has 306 valence electrons. The Bertz CT molecular complexity index is 1300. The molecule has 15 nitrogen and oxygen atoms in total. The minimum atomic E-state index is -1.78. The van der Waals surface area contributed by atoms with E-state index in [2.05, 4.69) is 0 Å². The molecule has 53 heavy (non-hydrogen) atoms. The van der Waals surface area contributed by atoms with Crippen LogP contribution in [0.25, 0.3) is 0 Å². The molecule has 4 heterocycles. The van der Waals surface area contributed by atoms with Gasteiger partial charge in [0, 0.05) is 31.4 Å². The van der Waals surface area contributed by atoms with E-state index in [1.165, 1.54) is 7.11 Å². The standard InChI is InChI=1S/C38H65NO14/c1-14-25-38(10)32(52-35(44)53-38)20(4)27(40)18(2)16-36(8,45)31(51-34-28(41)24(39(11)12)15-19(3)47-34)21(5)29(22(6)33(43)49-25)50-26-17-37(9,46-13)30(42)23(7)48-26/h18-26,28-32,34,41-42,45H,14-17H2,1-13H3/t18-,19-,20+,21+,22-,23+,24+,25-,26+,28-,29+,30+,31-,32-,34+,36-,37-,38-/m0/s1. The van der Waals surface area contributed by atoms with Crippen LogP contribution in [0, 0.1) is 23.7 Å². The first-order valence-electron chi connectivity index (χ1n) is 19.1. The lowest BCUT2D eigenvalue weighted by atomic mass is 9.74. The zero-order valence-corrected chi connectivity index (χ0v) is 33.8. The number of rotatable bonds is 7. The minimum Gasteiger partial charge on any atom is -0.458 e. The van der Waals surface area contributed by atoms with Crippen molar-refractivity contribution in [2.75, 3.05) is 21.2 Å². The second-order valence-electron chi connectivity index (χ2n) is 16.9. The van der Waals surface area contributed by atoms with Gasteiger partial charge in [0.25, 0.3) is 0 Å². The molecule has 0 bridgehead atoms. The number of nitrogens with zero attached hydrogens (tertiary/aromatic N) is 1. The molecule has 4 fully saturated rings. The van der Waals surface area contributed by atoms with Gasteiger partial charge in [0.2, 0.25) is 0 Å². The minimum absolute atomic E-state index is 0.0996. The summed E-state index contributed by atoms with van der Waals surface area (Å²) in [5, 5.41) is 34.9. The average molecular weight is 760 g/mol. The summed E-state index contributed by atoms with van der Waals surface area (Å²) in [5.74, 6) is -4.54. The van der Waals surface area contributed by atoms with Crippen LogP contribution >= 0.6 is 0 Å². The van der Waals surface area contributed by atoms with Crippen molar-refractivity contribution in [1.29, 1.82) is 0 Å². The second kappa shape index (κ2) is 16.6. The summed E-state index contributed by atoms with van der Waals surface area (Å²) in [6, 6.07) is -0.322. The van der Waals surface area contributed by atoms with Gasteiger partial charge in [-0.05, 0) is 74.9 Å². The number of methoxy groups -OCH3 is 1. The number of hydrogen-bond acceptors (Lipinski definition) is 15. The van der Waals surface area contributed by atoms with E-state index in [1.807, 2.05) is 25.9 Å². The first-order valence-corrected chi connectivity index (χ1v) is 19.1. The number of cyclic esters (lactones) is 1. The molecule has 0 aromatic carbocycles. The molecule has 4 rings (SSSR count). The Morgan fingerprint density at radius 1 is 0.906 bits per heavy atom. The van der Waals surface area contributed by atoms with E-state index in [0.717, 1.165) is 0 Å². The fourth-order valence-corrected chi connectivity index (χ4v) is 9.03. The number of fused-ring (bicyclic) bond motifs is 1. The Hall–Kier alpha value is -1.95. The molecule has 15 heteroatoms. The Kier molecular flexibility index (Phi) is 13.7. The first-order chi connectivity index (χ1) is 24.5. The highest BCUT2D eigenvalue weighted by Gasteiger charge is 2.59. The Morgan fingerprint density at radius 2 is 1.55 bits per heavy atom. The van der Waals surface area contributed by atoms with E-state index in [9.17, 15) is 29.7 Å². The first kappa shape index (κ1) is 43.8. The molecule has 0 aliphatic carbocycles. The van der Waals surface area contributed by atoms with Gasteiger partial charge in [-0.15, -0.1) is 0 Å². The summed E-state index contributed by atoms with van der Waals surface area (Å²) in [7, 11) is 5.20. The van der Waals surface area contributed by atoms with Crippen LogP contribution in [0.1, 0.15) is 94.9 Å². The fourth-order valence-electron chi connectivity index (χ4n) is 9.03. The topological polar surface area (TPSA) is 189 Å². The average Bonchev–Trinajstić information content (AvgIpc) is 3.40. The number of ether oxygens (including phenoxy) is 8. The molecular weight excluding hydrogens is 694 g/mol. The predicted octanol–water partition coefficient (Wildman–Crippen LogP) is 2.97. The highest BCUT2D eigenvalue weighted by atomic mass is 16.8. The predicted molar refractivity (Wildman–Crippen MR) is 189 cm³/mol. The van der Waals surface area contributed by atoms with Crippen molar-refractivity contribution < 1.29 is 67.6 Å². The van der Waals surface area contributed by atoms with Crippen molar-refractivity contribution in [2.24, 2.45) is 23.7 Å². The van der Waals surface area contributed by atoms with E-state index in [1.54, 1.807) is 62.3 Å². The van der Waals surface area contributed by atoms with Crippen LogP contribution in [0.3, 0.4) is 0 Å². The van der Waals surface area contributed by atoms with Gasteiger partial charge in [-0.25, -0.2) is 4.79 Å². The van der Waals surface area contributed by atoms with Crippen LogP contribution < -0.4 is 0 Å². The summed E-state index contributed by atoms with van der Waals surface area (Å²) in [4.78, 5) is 43.0. The van der Waals surface area contributed by atoms with E-state index >= 15 is 0 Å². The van der Waals surface area contributed by atoms with Gasteiger partial charge >= 0.3 is 12.1 Å². The largest absolute Gasteiger partial charge is 0.509 e. The van der Waals surface area contributed by atoms with Crippen LogP contribution in [0.15, 0.2) is 0 Å². The normalized spacial score (nSPS) is 49.1. The lowest BCUT2D eigenvalue weighted by molar-refractivity contribution is -0.318. The van der Waals surface area contributed by atoms with Crippen molar-refractivity contribution in [2.45, 2.75) is 179 Å². The van der Waals surface area contributed by atoms with Crippen molar-refractivity contribution >= 4 is 17.9 Å². The van der Waals surface area contributed by atoms with Crippen molar-refractivity contribution in [3.05, 3.63) is 0 Å². The molecule has 0 spiro atoms. The second-order valence-corrected chi connectivity index (χ2v) is 16.9. The number of ketones is 1. The SMILES string of the molecule is CC[C@@H]1OC(=O)[C@@H](C)[C@H](O[C@@H]2C[C@](C)(OC)[C@H](O)[C@@H](C)O2)[C@@H](C)[C@H](O[C@H]2O[C@@H](C)C[C@@H](N(C)C)[C@@H]2O)[C@@](C)(O)C[C@H](C)C(=O)[C@@H](C)[C@@H]2OC(=O)O[C@@]12C. The Balaban J connectivity index is 1.84. The van der Waals surface area contributed by atoms with Gasteiger partial charge in [-0.2, -0.15) is 0 Å². The van der Waals surface area contributed by atoms with Crippen LogP contribution in [0.5, 0.6) is 0 Å². The highest BCUT2D eigenvalue weighted by Crippen LogP contribution is 2.43. The summed E-state index contributed by atoms with van der Waals surface area (Å²) in [6.07, 6.45) is -9.81. The van der Waals surface area contributed by atoms with Crippen LogP contribution in [0.2, 0.25) is 0 Å². The molecule has 0 saturated carbocycles. The molecule has 4 aliphatic heterocycles. The van der Waals surface area contributed by atoms with Gasteiger partial charge in [-0.3, -0.25) is 9.59 Å². The maximum absolute atomic E-state index is 14.3. The maximum Gasteiger partial charge on any atom is 0.509 e. The third-order valence-corrected chi connectivity index (χ3v) is 12.3. The number of Topliss-reactive ketones (excluding diaryl/α,β-unsaturated/α-hetero) is 1. The van der Waals surface area contributed by atoms with Crippen LogP contribution in [-0.4, -0.2) is 144 Å². The number of hydrogen-bond donors (Lipinski definition) is 3. The molecule has 0 unspecified atom stereocenters. The van der Waals surface area contributed by atoms with Gasteiger partial charge in [0.1, 0.15) is 24.1 Å². The number of esters is 1. The van der Waals surface area contributed by atoms with Gasteiger partial charge < -0.3 is 58.1 Å². The molecule has 0 aromatic heterocycles. The smallest absolute Gasteiger partial charge is 0.458 e. The zero-order chi connectivity index (χ0) is 40.0. The summed E-state index contributed by atoms with van der Waals surface area (Å²) in [5.41, 5.74) is -4.33. The van der Waals surface area contributed by atoms with Crippen molar-refractivity contribution in [3.8, 4) is 0 Å². The molecule has 0 amide bonds. The summed E-state index contributed by atoms with van der Waals surface area (Å²) < 4.78 is 48.7. The van der Waals surface area contributed by atoms with Crippen molar-refractivity contribution in [1.82, 2.24) is 4.90 Å². The van der Waals surface area contributed by atoms with Crippen molar-refractivity contribution in [3.63, 3.8) is 0 Å². The monoisotopic (exact) mass is 759 g/mol. The number of likely N-dealkylation sites (N-methyl/N-ethyl adjacent to an activating group) is 1. The highest BCUT2D eigenvalue weighted by molar-refractivity contribution is 5.84. The van der Waals surface area contributed by atoms with Gasteiger partial charge in [0.05, 0.1) is 47.5 Å². The maximum atomic E-state index is 14.3. The van der Waals surface area contributed by atoms with Crippen LogP contribution in [0.4, 0.5) is 4.79 Å². The quantitative estimate of drug-likeness (QED) is 0.321. The van der Waals surface area contributed by atoms with Gasteiger partial charge in [-0.1, -0.05) is 27.7 Å². The Labute approximate surface area is 314 Å². The van der Waals surface area contributed by atoms with E-state index in [4.69, 9.17) is 37.9 Å². The number of aliphatic hydroxyl groups excluding tert-OH is 2. The molecule has 0 radical (unpaired) electrons. The lowest BCUT2D eigenvalue weighted by Gasteiger charge is -2.49. The zero-order valence-electron chi connectivity index (χ0n) is 33.8. The van der Waals surface area contributed by atoms with E-state index < -0.39 is 108 Å². The lowest BCUT2D eigenvalue weighted by Crippen LogP contribution is -2.61. The molecular formula is C38H65NO14. The molecule has 4 saturated heterocycles. The fraction of sp³-hybridized carbons (Fsp3) is 0.921. The molecule has 0 aromatic rings. The molecule has 3 N–H and O–H groups in total. The Morgan fingerprint density at radius 3 is 2.13 bits per heavy atom. The number of carbonyl (C=O) groups is 3. The van der Waals surface area contributed by atoms with Crippen LogP contribution in [-0.2, 0) is 47.5 Å². The van der Waals surface area contributed by atoms with E-state index in [0.29, 0.717) is 6.42 Å². The number of carbonyl (C=O) groups excluding carboxylic acids is 3. The van der Waals surface area contributed by atoms with Gasteiger partial charge in [0.15, 0.2) is 24.3 Å². The summed E-state index contributed by atoms with van der Waals surface area (Å²) in [6.45, 7) is 16.9. The molecule has 4 aliphatic rings. The van der Waals surface area contributed by atoms with E-state index in [-0.39, 0.29) is 37.2 Å². The number of aliphatic hydroxyl groups is 3. The molecule has 18 atom stereocenters. The third kappa shape index (κ3) is 8.88.